The molecule has 0 aliphatic carbocycles. The van der Waals surface area contributed by atoms with Gasteiger partial charge in [-0.05, 0) is 20.5 Å². The van der Waals surface area contributed by atoms with Crippen molar-refractivity contribution >= 4 is 17.5 Å². The SMILES string of the molecule is CN(C)C[C@H]1C[C@@H](O)CN1c1cc(N2CC(CC(N)=O)C2)ncn1. The second-order valence-corrected chi connectivity index (χ2v) is 7.13. The van der Waals surface area contributed by atoms with Gasteiger partial charge in [-0.15, -0.1) is 0 Å². The second kappa shape index (κ2) is 6.90. The molecule has 8 heteroatoms. The highest BCUT2D eigenvalue weighted by molar-refractivity contribution is 5.74. The van der Waals surface area contributed by atoms with Crippen LogP contribution in [0.4, 0.5) is 11.6 Å². The van der Waals surface area contributed by atoms with E-state index in [1.165, 1.54) is 0 Å². The number of aliphatic hydroxyl groups is 1. The van der Waals surface area contributed by atoms with Crippen molar-refractivity contribution < 1.29 is 9.90 Å². The molecule has 24 heavy (non-hydrogen) atoms. The number of β-amino-alcohol motifs (C(OH)–C–C–N with tert-alkyl or cyclic N) is 1. The zero-order valence-electron chi connectivity index (χ0n) is 14.3. The minimum atomic E-state index is -0.322. The van der Waals surface area contributed by atoms with E-state index in [1.54, 1.807) is 6.33 Å². The fourth-order valence-corrected chi connectivity index (χ4v) is 3.60. The van der Waals surface area contributed by atoms with Gasteiger partial charge in [-0.2, -0.15) is 0 Å². The maximum absolute atomic E-state index is 11.0. The highest BCUT2D eigenvalue weighted by Gasteiger charge is 2.33. The molecular formula is C16H26N6O2. The summed E-state index contributed by atoms with van der Waals surface area (Å²) in [6, 6.07) is 2.22. The Hall–Kier alpha value is -1.93. The van der Waals surface area contributed by atoms with E-state index in [1.807, 2.05) is 20.2 Å². The van der Waals surface area contributed by atoms with Gasteiger partial charge in [0.1, 0.15) is 18.0 Å². The van der Waals surface area contributed by atoms with Crippen molar-refractivity contribution in [3.8, 4) is 0 Å². The topological polar surface area (TPSA) is 98.8 Å². The Labute approximate surface area is 142 Å². The molecule has 2 aliphatic heterocycles. The number of carbonyl (C=O) groups excluding carboxylic acids is 1. The van der Waals surface area contributed by atoms with Gasteiger partial charge in [-0.25, -0.2) is 9.97 Å². The molecule has 132 valence electrons. The molecule has 1 aromatic heterocycles. The summed E-state index contributed by atoms with van der Waals surface area (Å²) >= 11 is 0. The molecule has 0 unspecified atom stereocenters. The van der Waals surface area contributed by atoms with Crippen molar-refractivity contribution in [2.24, 2.45) is 11.7 Å². The minimum Gasteiger partial charge on any atom is -0.391 e. The van der Waals surface area contributed by atoms with Gasteiger partial charge in [-0.3, -0.25) is 4.79 Å². The molecule has 0 spiro atoms. The molecular weight excluding hydrogens is 308 g/mol. The summed E-state index contributed by atoms with van der Waals surface area (Å²) in [6.07, 6.45) is 2.43. The van der Waals surface area contributed by atoms with E-state index >= 15 is 0 Å². The molecule has 0 saturated carbocycles. The van der Waals surface area contributed by atoms with E-state index in [0.29, 0.717) is 18.9 Å². The molecule has 1 aromatic rings. The number of aliphatic hydroxyl groups excluding tert-OH is 1. The van der Waals surface area contributed by atoms with Crippen LogP contribution in [-0.4, -0.2) is 78.3 Å². The molecule has 3 heterocycles. The zero-order chi connectivity index (χ0) is 17.3. The summed E-state index contributed by atoms with van der Waals surface area (Å²) < 4.78 is 0. The van der Waals surface area contributed by atoms with Gasteiger partial charge in [0.2, 0.25) is 5.91 Å². The molecule has 2 atom stereocenters. The summed E-state index contributed by atoms with van der Waals surface area (Å²) in [6.45, 7) is 3.06. The number of aromatic nitrogens is 2. The lowest BCUT2D eigenvalue weighted by molar-refractivity contribution is -0.119. The van der Waals surface area contributed by atoms with Crippen LogP contribution in [0.3, 0.4) is 0 Å². The molecule has 0 bridgehead atoms. The Kier molecular flexibility index (Phi) is 4.86. The van der Waals surface area contributed by atoms with Crippen molar-refractivity contribution in [3.05, 3.63) is 12.4 Å². The Balaban J connectivity index is 1.68. The van der Waals surface area contributed by atoms with Crippen LogP contribution in [0.2, 0.25) is 0 Å². The Morgan fingerprint density at radius 1 is 1.33 bits per heavy atom. The highest BCUT2D eigenvalue weighted by Crippen LogP contribution is 2.29. The van der Waals surface area contributed by atoms with E-state index in [0.717, 1.165) is 37.7 Å². The number of rotatable bonds is 6. The smallest absolute Gasteiger partial charge is 0.217 e. The monoisotopic (exact) mass is 334 g/mol. The molecule has 2 fully saturated rings. The third-order valence-electron chi connectivity index (χ3n) is 4.67. The Morgan fingerprint density at radius 2 is 2.04 bits per heavy atom. The van der Waals surface area contributed by atoms with Crippen LogP contribution in [0.1, 0.15) is 12.8 Å². The lowest BCUT2D eigenvalue weighted by Gasteiger charge is -2.40. The summed E-state index contributed by atoms with van der Waals surface area (Å²) in [5.41, 5.74) is 5.24. The van der Waals surface area contributed by atoms with Crippen LogP contribution in [0.5, 0.6) is 0 Å². The largest absolute Gasteiger partial charge is 0.391 e. The maximum Gasteiger partial charge on any atom is 0.217 e. The van der Waals surface area contributed by atoms with Crippen LogP contribution in [0.25, 0.3) is 0 Å². The average molecular weight is 334 g/mol. The van der Waals surface area contributed by atoms with Crippen LogP contribution >= 0.6 is 0 Å². The Bertz CT molecular complexity index is 590. The van der Waals surface area contributed by atoms with Gasteiger partial charge in [-0.1, -0.05) is 0 Å². The summed E-state index contributed by atoms with van der Waals surface area (Å²) in [5, 5.41) is 10.0. The number of carbonyl (C=O) groups is 1. The number of nitrogens with two attached hydrogens (primary N) is 1. The first kappa shape index (κ1) is 16.9. The van der Waals surface area contributed by atoms with Crippen LogP contribution in [0.15, 0.2) is 12.4 Å². The number of anilines is 2. The normalized spacial score (nSPS) is 24.5. The van der Waals surface area contributed by atoms with Crippen LogP contribution in [0, 0.1) is 5.92 Å². The first-order valence-corrected chi connectivity index (χ1v) is 8.37. The third kappa shape index (κ3) is 3.76. The number of hydrogen-bond donors (Lipinski definition) is 2. The molecule has 8 nitrogen and oxygen atoms in total. The van der Waals surface area contributed by atoms with Crippen molar-refractivity contribution in [3.63, 3.8) is 0 Å². The Morgan fingerprint density at radius 3 is 2.71 bits per heavy atom. The molecule has 1 amide bonds. The number of nitrogens with zero attached hydrogens (tertiary/aromatic N) is 5. The number of hydrogen-bond acceptors (Lipinski definition) is 7. The lowest BCUT2D eigenvalue weighted by atomic mass is 9.96. The van der Waals surface area contributed by atoms with Gasteiger partial charge < -0.3 is 25.5 Å². The van der Waals surface area contributed by atoms with E-state index < -0.39 is 0 Å². The minimum absolute atomic E-state index is 0.247. The van der Waals surface area contributed by atoms with Crippen LogP contribution < -0.4 is 15.5 Å². The van der Waals surface area contributed by atoms with E-state index in [2.05, 4.69) is 24.7 Å². The predicted molar refractivity (Wildman–Crippen MR) is 91.9 cm³/mol. The van der Waals surface area contributed by atoms with E-state index in [9.17, 15) is 9.90 Å². The van der Waals surface area contributed by atoms with Crippen molar-refractivity contribution in [2.75, 3.05) is 50.1 Å². The lowest BCUT2D eigenvalue weighted by Crippen LogP contribution is -2.48. The van der Waals surface area contributed by atoms with Gasteiger partial charge in [0.15, 0.2) is 0 Å². The van der Waals surface area contributed by atoms with Gasteiger partial charge >= 0.3 is 0 Å². The van der Waals surface area contributed by atoms with E-state index in [-0.39, 0.29) is 18.1 Å². The fourth-order valence-electron chi connectivity index (χ4n) is 3.60. The van der Waals surface area contributed by atoms with Gasteiger partial charge in [0.05, 0.1) is 6.10 Å². The number of amides is 1. The first-order valence-electron chi connectivity index (χ1n) is 8.37. The van der Waals surface area contributed by atoms with Gasteiger partial charge in [0.25, 0.3) is 0 Å². The summed E-state index contributed by atoms with van der Waals surface area (Å²) in [7, 11) is 4.07. The highest BCUT2D eigenvalue weighted by atomic mass is 16.3. The molecule has 2 saturated heterocycles. The first-order chi connectivity index (χ1) is 11.4. The van der Waals surface area contributed by atoms with E-state index in [4.69, 9.17) is 5.73 Å². The third-order valence-corrected chi connectivity index (χ3v) is 4.67. The molecule has 0 aromatic carbocycles. The van der Waals surface area contributed by atoms with Gasteiger partial charge in [0, 0.05) is 50.6 Å². The predicted octanol–water partition coefficient (Wildman–Crippen LogP) is -0.711. The zero-order valence-corrected chi connectivity index (χ0v) is 14.3. The molecule has 3 rings (SSSR count). The van der Waals surface area contributed by atoms with Crippen molar-refractivity contribution in [1.29, 1.82) is 0 Å². The summed E-state index contributed by atoms with van der Waals surface area (Å²) in [4.78, 5) is 26.1. The number of primary amides is 1. The molecule has 3 N–H and O–H groups in total. The standard InChI is InChI=1S/C16H26N6O2/c1-20(2)8-12-4-13(23)9-22(12)16-5-15(18-10-19-16)21-6-11(7-21)3-14(17)24/h5,10-13,23H,3-4,6-9H2,1-2H3,(H2,17,24)/t12-,13-/m1/s1. The van der Waals surface area contributed by atoms with Crippen molar-refractivity contribution in [2.45, 2.75) is 25.0 Å². The van der Waals surface area contributed by atoms with Crippen LogP contribution in [-0.2, 0) is 4.79 Å². The maximum atomic E-state index is 11.0. The number of likely N-dealkylation sites (N-methyl/N-ethyl adjacent to an activating group) is 1. The molecule has 2 aliphatic rings. The fraction of sp³-hybridized carbons (Fsp3) is 0.688. The average Bonchev–Trinajstić information content (AvgIpc) is 2.82. The molecule has 0 radical (unpaired) electrons. The second-order valence-electron chi connectivity index (χ2n) is 7.13. The summed E-state index contributed by atoms with van der Waals surface area (Å²) in [5.74, 6) is 1.78. The van der Waals surface area contributed by atoms with Crippen molar-refractivity contribution in [1.82, 2.24) is 14.9 Å². The quantitative estimate of drug-likeness (QED) is 0.709.